The molecule has 34 heavy (non-hydrogen) atoms. The van der Waals surface area contributed by atoms with E-state index in [4.69, 9.17) is 19.2 Å². The number of carbonyl (C=O) groups excluding carboxylic acids is 1. The van der Waals surface area contributed by atoms with Crippen molar-refractivity contribution in [1.82, 2.24) is 9.80 Å². The van der Waals surface area contributed by atoms with E-state index in [9.17, 15) is 4.79 Å². The number of nitrogens with zero attached hydrogens (tertiary/aromatic N) is 3. The highest BCUT2D eigenvalue weighted by atomic mass is 16.5. The van der Waals surface area contributed by atoms with E-state index >= 15 is 0 Å². The molecule has 0 unspecified atom stereocenters. The maximum absolute atomic E-state index is 13.2. The van der Waals surface area contributed by atoms with Gasteiger partial charge in [-0.2, -0.15) is 0 Å². The molecule has 1 fully saturated rings. The second-order valence-electron chi connectivity index (χ2n) is 8.39. The molecule has 0 aromatic heterocycles. The van der Waals surface area contributed by atoms with Crippen molar-refractivity contribution in [2.24, 2.45) is 4.99 Å². The average molecular weight is 458 g/mol. The molecule has 1 saturated heterocycles. The first-order chi connectivity index (χ1) is 16.6. The van der Waals surface area contributed by atoms with Crippen LogP contribution < -0.4 is 14.2 Å². The van der Waals surface area contributed by atoms with Crippen LogP contribution in [-0.4, -0.2) is 61.4 Å². The third-order valence-electron chi connectivity index (χ3n) is 6.24. The van der Waals surface area contributed by atoms with Gasteiger partial charge in [-0.25, -0.2) is 4.99 Å². The SMILES string of the molecule is COc1cccc(C(=O)N2CCN(C3=Nc4ccccc4Oc4ccc(OC)cc43)C[C@H]2C)c1. The first kappa shape index (κ1) is 21.8. The molecule has 7 nitrogen and oxygen atoms in total. The van der Waals surface area contributed by atoms with Crippen molar-refractivity contribution in [2.75, 3.05) is 33.9 Å². The molecule has 3 aromatic carbocycles. The zero-order valence-corrected chi connectivity index (χ0v) is 19.5. The van der Waals surface area contributed by atoms with Crippen molar-refractivity contribution in [1.29, 1.82) is 0 Å². The second kappa shape index (κ2) is 9.09. The van der Waals surface area contributed by atoms with Crippen molar-refractivity contribution in [3.8, 4) is 23.0 Å². The van der Waals surface area contributed by atoms with Crippen LogP contribution in [0.2, 0.25) is 0 Å². The fraction of sp³-hybridized carbons (Fsp3) is 0.259. The fourth-order valence-corrected chi connectivity index (χ4v) is 4.44. The maximum atomic E-state index is 13.2. The van der Waals surface area contributed by atoms with Gasteiger partial charge in [0, 0.05) is 31.2 Å². The van der Waals surface area contributed by atoms with Gasteiger partial charge in [0.1, 0.15) is 28.8 Å². The van der Waals surface area contributed by atoms with E-state index in [1.54, 1.807) is 20.3 Å². The number of amides is 1. The number of piperazine rings is 1. The molecule has 5 rings (SSSR count). The number of ether oxygens (including phenoxy) is 3. The normalized spacial score (nSPS) is 17.0. The molecule has 174 valence electrons. The molecular formula is C27H27N3O4. The van der Waals surface area contributed by atoms with Crippen LogP contribution in [0.1, 0.15) is 22.8 Å². The number of aliphatic imine (C=N–C) groups is 1. The lowest BCUT2D eigenvalue weighted by Gasteiger charge is -2.41. The van der Waals surface area contributed by atoms with Crippen LogP contribution in [0.5, 0.6) is 23.0 Å². The number of methoxy groups -OCH3 is 2. The number of hydrogen-bond donors (Lipinski definition) is 0. The second-order valence-corrected chi connectivity index (χ2v) is 8.39. The summed E-state index contributed by atoms with van der Waals surface area (Å²) in [4.78, 5) is 22.4. The Morgan fingerprint density at radius 3 is 2.53 bits per heavy atom. The van der Waals surface area contributed by atoms with Gasteiger partial charge in [0.2, 0.25) is 0 Å². The standard InChI is InChI=1S/C27H27N3O4/c1-18-17-29(13-14-30(18)27(31)19-7-6-8-20(15-19)32-2)26-22-16-21(33-3)11-12-24(22)34-25-10-5-4-9-23(25)28-26/h4-12,15-16,18H,13-14,17H2,1-3H3/t18-/m1/s1. The predicted molar refractivity (Wildman–Crippen MR) is 131 cm³/mol. The smallest absolute Gasteiger partial charge is 0.254 e. The molecule has 2 aliphatic rings. The van der Waals surface area contributed by atoms with Crippen molar-refractivity contribution in [3.05, 3.63) is 77.9 Å². The van der Waals surface area contributed by atoms with Crippen LogP contribution in [0.3, 0.4) is 0 Å². The minimum atomic E-state index is -0.0105. The molecule has 7 heteroatoms. The van der Waals surface area contributed by atoms with Crippen molar-refractivity contribution < 1.29 is 19.0 Å². The summed E-state index contributed by atoms with van der Waals surface area (Å²) in [6.07, 6.45) is 0. The average Bonchev–Trinajstić information content (AvgIpc) is 3.04. The molecule has 0 N–H and O–H groups in total. The predicted octanol–water partition coefficient (Wildman–Crippen LogP) is 4.73. The first-order valence-corrected chi connectivity index (χ1v) is 11.3. The van der Waals surface area contributed by atoms with Crippen LogP contribution in [0.15, 0.2) is 71.7 Å². The lowest BCUT2D eigenvalue weighted by molar-refractivity contribution is 0.0581. The molecule has 0 saturated carbocycles. The number of fused-ring (bicyclic) bond motifs is 2. The van der Waals surface area contributed by atoms with Crippen molar-refractivity contribution in [2.45, 2.75) is 13.0 Å². The molecule has 2 heterocycles. The zero-order chi connectivity index (χ0) is 23.7. The summed E-state index contributed by atoms with van der Waals surface area (Å²) >= 11 is 0. The third-order valence-corrected chi connectivity index (χ3v) is 6.24. The largest absolute Gasteiger partial charge is 0.497 e. The first-order valence-electron chi connectivity index (χ1n) is 11.3. The van der Waals surface area contributed by atoms with Crippen LogP contribution >= 0.6 is 0 Å². The highest BCUT2D eigenvalue weighted by Crippen LogP contribution is 2.39. The van der Waals surface area contributed by atoms with E-state index in [1.807, 2.05) is 65.6 Å². The molecular weight excluding hydrogens is 430 g/mol. The van der Waals surface area contributed by atoms with E-state index in [0.717, 1.165) is 28.6 Å². The summed E-state index contributed by atoms with van der Waals surface area (Å²) in [5.41, 5.74) is 2.27. The minimum Gasteiger partial charge on any atom is -0.497 e. The third kappa shape index (κ3) is 4.05. The fourth-order valence-electron chi connectivity index (χ4n) is 4.44. The molecule has 0 radical (unpaired) electrons. The summed E-state index contributed by atoms with van der Waals surface area (Å²) < 4.78 is 17.0. The van der Waals surface area contributed by atoms with E-state index < -0.39 is 0 Å². The van der Waals surface area contributed by atoms with E-state index in [2.05, 4.69) is 11.8 Å². The summed E-state index contributed by atoms with van der Waals surface area (Å²) in [6, 6.07) is 20.8. The molecule has 0 bridgehead atoms. The Morgan fingerprint density at radius 2 is 1.74 bits per heavy atom. The van der Waals surface area contributed by atoms with Crippen molar-refractivity contribution in [3.63, 3.8) is 0 Å². The number of hydrogen-bond acceptors (Lipinski definition) is 6. The topological polar surface area (TPSA) is 63.6 Å². The van der Waals surface area contributed by atoms with Crippen molar-refractivity contribution >= 4 is 17.4 Å². The van der Waals surface area contributed by atoms with E-state index in [-0.39, 0.29) is 11.9 Å². The van der Waals surface area contributed by atoms with Gasteiger partial charge < -0.3 is 24.0 Å². The quantitative estimate of drug-likeness (QED) is 0.569. The lowest BCUT2D eigenvalue weighted by Crippen LogP contribution is -2.55. The highest BCUT2D eigenvalue weighted by molar-refractivity contribution is 6.04. The minimum absolute atomic E-state index is 0.00426. The lowest BCUT2D eigenvalue weighted by atomic mass is 10.1. The Kier molecular flexibility index (Phi) is 5.84. The van der Waals surface area contributed by atoms with Gasteiger partial charge >= 0.3 is 0 Å². The van der Waals surface area contributed by atoms with Crippen LogP contribution in [0.25, 0.3) is 0 Å². The number of carbonyl (C=O) groups is 1. The number of para-hydroxylation sites is 2. The molecule has 1 amide bonds. The molecule has 0 spiro atoms. The van der Waals surface area contributed by atoms with Gasteiger partial charge in [-0.15, -0.1) is 0 Å². The van der Waals surface area contributed by atoms with Crippen LogP contribution in [0, 0.1) is 0 Å². The maximum Gasteiger partial charge on any atom is 0.254 e. The highest BCUT2D eigenvalue weighted by Gasteiger charge is 2.32. The van der Waals surface area contributed by atoms with Crippen LogP contribution in [-0.2, 0) is 0 Å². The monoisotopic (exact) mass is 457 g/mol. The van der Waals surface area contributed by atoms with Gasteiger partial charge in [0.05, 0.1) is 19.8 Å². The Morgan fingerprint density at radius 1 is 0.941 bits per heavy atom. The molecule has 1 atom stereocenters. The summed E-state index contributed by atoms with van der Waals surface area (Å²) in [7, 11) is 3.25. The van der Waals surface area contributed by atoms with Gasteiger partial charge in [-0.05, 0) is 55.5 Å². The van der Waals surface area contributed by atoms with Gasteiger partial charge in [0.25, 0.3) is 5.91 Å². The number of rotatable bonds is 3. The van der Waals surface area contributed by atoms with Gasteiger partial charge in [-0.1, -0.05) is 18.2 Å². The summed E-state index contributed by atoms with van der Waals surface area (Å²) in [6.45, 7) is 3.95. The van der Waals surface area contributed by atoms with Gasteiger partial charge in [-0.3, -0.25) is 4.79 Å². The van der Waals surface area contributed by atoms with E-state index in [0.29, 0.717) is 36.7 Å². The Balaban J connectivity index is 1.45. The number of amidine groups is 1. The zero-order valence-electron chi connectivity index (χ0n) is 19.5. The van der Waals surface area contributed by atoms with Crippen LogP contribution in [0.4, 0.5) is 5.69 Å². The Labute approximate surface area is 199 Å². The Hall–Kier alpha value is -4.00. The summed E-state index contributed by atoms with van der Waals surface area (Å²) in [5.74, 6) is 3.68. The number of benzene rings is 3. The summed E-state index contributed by atoms with van der Waals surface area (Å²) in [5, 5.41) is 0. The molecule has 3 aromatic rings. The Bertz CT molecular complexity index is 1260. The molecule has 0 aliphatic carbocycles. The van der Waals surface area contributed by atoms with E-state index in [1.165, 1.54) is 0 Å². The molecule has 2 aliphatic heterocycles. The van der Waals surface area contributed by atoms with Gasteiger partial charge in [0.15, 0.2) is 5.75 Å².